The Labute approximate surface area is 179 Å². The number of anilines is 2. The van der Waals surface area contributed by atoms with Crippen molar-refractivity contribution in [3.63, 3.8) is 0 Å². The molecule has 0 aliphatic heterocycles. The number of ether oxygens (including phenoxy) is 1. The lowest BCUT2D eigenvalue weighted by Crippen LogP contribution is -2.18. The number of rotatable bonds is 5. The highest BCUT2D eigenvalue weighted by Crippen LogP contribution is 2.30. The van der Waals surface area contributed by atoms with Crippen LogP contribution < -0.4 is 15.8 Å². The summed E-state index contributed by atoms with van der Waals surface area (Å²) in [6.07, 6.45) is -2.06. The molecule has 0 saturated carbocycles. The highest BCUT2D eigenvalue weighted by atomic mass is 19.4. The van der Waals surface area contributed by atoms with Crippen LogP contribution in [0.1, 0.15) is 24.4 Å². The number of hydrogen-bond donors (Lipinski definition) is 2. The van der Waals surface area contributed by atoms with E-state index in [4.69, 9.17) is 5.73 Å². The van der Waals surface area contributed by atoms with E-state index in [1.165, 1.54) is 24.5 Å². The normalized spacial score (nSPS) is 12.3. The lowest BCUT2D eigenvalue weighted by atomic mass is 10.2. The number of alkyl halides is 3. The number of nitrogens with zero attached hydrogens (tertiary/aromatic N) is 6. The van der Waals surface area contributed by atoms with E-state index < -0.39 is 12.4 Å². The molecule has 0 radical (unpaired) electrons. The zero-order chi connectivity index (χ0) is 22.9. The lowest BCUT2D eigenvalue weighted by molar-refractivity contribution is -0.274. The molecule has 32 heavy (non-hydrogen) atoms. The Kier molecular flexibility index (Phi) is 5.23. The number of nitrogens with two attached hydrogens (primary N) is 1. The zero-order valence-electron chi connectivity index (χ0n) is 16.5. The fourth-order valence-corrected chi connectivity index (χ4v) is 3.18. The van der Waals surface area contributed by atoms with Gasteiger partial charge in [0.1, 0.15) is 46.7 Å². The quantitative estimate of drug-likeness (QED) is 0.480. The maximum atomic E-state index is 12.7. The Balaban J connectivity index is 1.81. The molecule has 4 rings (SSSR count). The highest BCUT2D eigenvalue weighted by molar-refractivity contribution is 5.74. The molecule has 0 spiro atoms. The van der Waals surface area contributed by atoms with Gasteiger partial charge in [-0.2, -0.15) is 5.26 Å². The van der Waals surface area contributed by atoms with Gasteiger partial charge in [0.2, 0.25) is 0 Å². The summed E-state index contributed by atoms with van der Waals surface area (Å²) in [5.41, 5.74) is 7.14. The first-order chi connectivity index (χ1) is 15.3. The molecular formula is C20H15F3N8O. The van der Waals surface area contributed by atoms with E-state index >= 15 is 0 Å². The second-order valence-electron chi connectivity index (χ2n) is 6.66. The fourth-order valence-electron chi connectivity index (χ4n) is 3.18. The number of imidazole rings is 1. The molecule has 0 amide bonds. The van der Waals surface area contributed by atoms with Crippen molar-refractivity contribution < 1.29 is 17.9 Å². The van der Waals surface area contributed by atoms with Crippen LogP contribution in [0.2, 0.25) is 0 Å². The van der Waals surface area contributed by atoms with Crippen LogP contribution >= 0.6 is 0 Å². The molecule has 0 bridgehead atoms. The maximum Gasteiger partial charge on any atom is 0.573 e. The molecular weight excluding hydrogens is 425 g/mol. The van der Waals surface area contributed by atoms with E-state index in [1.807, 2.05) is 6.07 Å². The average Bonchev–Trinajstić information content (AvgIpc) is 3.13. The van der Waals surface area contributed by atoms with Gasteiger partial charge in [-0.3, -0.25) is 4.57 Å². The molecule has 12 heteroatoms. The predicted octanol–water partition coefficient (Wildman–Crippen LogP) is 3.74. The van der Waals surface area contributed by atoms with E-state index in [-0.39, 0.29) is 22.9 Å². The van der Waals surface area contributed by atoms with Crippen molar-refractivity contribution in [3.05, 3.63) is 60.3 Å². The molecule has 3 aromatic heterocycles. The molecule has 0 fully saturated rings. The average molecular weight is 440 g/mol. The van der Waals surface area contributed by atoms with Gasteiger partial charge in [-0.15, -0.1) is 13.2 Å². The summed E-state index contributed by atoms with van der Waals surface area (Å²) in [5.74, 6) is 0.260. The Morgan fingerprint density at radius 1 is 1.19 bits per heavy atom. The minimum atomic E-state index is -4.83. The fraction of sp³-hybridized carbons (Fsp3) is 0.150. The number of aromatic nitrogens is 5. The van der Waals surface area contributed by atoms with Crippen molar-refractivity contribution in [1.82, 2.24) is 24.5 Å². The van der Waals surface area contributed by atoms with Crippen LogP contribution in [0, 0.1) is 11.3 Å². The van der Waals surface area contributed by atoms with E-state index in [1.54, 1.807) is 35.9 Å². The summed E-state index contributed by atoms with van der Waals surface area (Å²) in [7, 11) is 0. The Morgan fingerprint density at radius 3 is 2.75 bits per heavy atom. The predicted molar refractivity (Wildman–Crippen MR) is 109 cm³/mol. The molecule has 3 N–H and O–H groups in total. The van der Waals surface area contributed by atoms with Crippen molar-refractivity contribution in [1.29, 1.82) is 5.26 Å². The summed E-state index contributed by atoms with van der Waals surface area (Å²) in [4.78, 5) is 16.8. The van der Waals surface area contributed by atoms with Gasteiger partial charge in [-0.1, -0.05) is 6.07 Å². The third kappa shape index (κ3) is 4.08. The summed E-state index contributed by atoms with van der Waals surface area (Å²) in [6.45, 7) is 1.76. The molecule has 1 aromatic carbocycles. The number of nitrogen functional groups attached to an aromatic ring is 1. The SMILES string of the molecule is C[C@H](Nc1ncnc(N)c1C#N)c1nc2cccnc2n1-c1cccc(OC(F)(F)F)c1. The first kappa shape index (κ1) is 20.9. The minimum Gasteiger partial charge on any atom is -0.406 e. The van der Waals surface area contributed by atoms with Gasteiger partial charge in [0, 0.05) is 12.3 Å². The molecule has 0 aliphatic rings. The zero-order valence-corrected chi connectivity index (χ0v) is 16.5. The molecule has 4 aromatic rings. The maximum absolute atomic E-state index is 12.7. The molecule has 162 valence electrons. The monoisotopic (exact) mass is 440 g/mol. The van der Waals surface area contributed by atoms with Crippen LogP contribution in [0.4, 0.5) is 24.8 Å². The summed E-state index contributed by atoms with van der Waals surface area (Å²) < 4.78 is 43.8. The standard InChI is InChI=1S/C20H15F3N8O/c1-11(29-17-14(9-24)16(25)27-10-28-17)18-30-15-6-3-7-26-19(15)31(18)12-4-2-5-13(8-12)32-20(21,22)23/h2-8,10-11H,1H3,(H3,25,27,28,29)/t11-/m0/s1. The molecule has 3 heterocycles. The number of fused-ring (bicyclic) bond motifs is 1. The van der Waals surface area contributed by atoms with Gasteiger partial charge in [-0.25, -0.2) is 19.9 Å². The van der Waals surface area contributed by atoms with E-state index in [2.05, 4.69) is 30.0 Å². The first-order valence-electron chi connectivity index (χ1n) is 9.23. The van der Waals surface area contributed by atoms with Gasteiger partial charge in [-0.05, 0) is 31.2 Å². The molecule has 1 atom stereocenters. The second kappa shape index (κ2) is 8.03. The minimum absolute atomic E-state index is 0.0179. The lowest BCUT2D eigenvalue weighted by Gasteiger charge is -2.18. The van der Waals surface area contributed by atoms with Gasteiger partial charge in [0.05, 0.1) is 11.7 Å². The van der Waals surface area contributed by atoms with Crippen LogP contribution in [-0.2, 0) is 0 Å². The Hall–Kier alpha value is -4.40. The first-order valence-corrected chi connectivity index (χ1v) is 9.23. The molecule has 9 nitrogen and oxygen atoms in total. The van der Waals surface area contributed by atoms with Gasteiger partial charge in [0.15, 0.2) is 5.65 Å². The van der Waals surface area contributed by atoms with Crippen molar-refractivity contribution in [2.45, 2.75) is 19.3 Å². The molecule has 0 saturated heterocycles. The van der Waals surface area contributed by atoms with E-state index in [0.717, 1.165) is 0 Å². The van der Waals surface area contributed by atoms with Crippen molar-refractivity contribution in [2.24, 2.45) is 0 Å². The van der Waals surface area contributed by atoms with E-state index in [0.29, 0.717) is 22.7 Å². The number of halogens is 3. The topological polar surface area (TPSA) is 128 Å². The van der Waals surface area contributed by atoms with Crippen molar-refractivity contribution in [3.8, 4) is 17.5 Å². The van der Waals surface area contributed by atoms with Crippen LogP contribution in [0.3, 0.4) is 0 Å². The van der Waals surface area contributed by atoms with Crippen molar-refractivity contribution in [2.75, 3.05) is 11.1 Å². The van der Waals surface area contributed by atoms with Crippen LogP contribution in [0.5, 0.6) is 5.75 Å². The van der Waals surface area contributed by atoms with Crippen molar-refractivity contribution >= 4 is 22.8 Å². The van der Waals surface area contributed by atoms with E-state index in [9.17, 15) is 18.4 Å². The number of pyridine rings is 1. The largest absolute Gasteiger partial charge is 0.573 e. The van der Waals surface area contributed by atoms with Gasteiger partial charge < -0.3 is 15.8 Å². The van der Waals surface area contributed by atoms with Gasteiger partial charge in [0.25, 0.3) is 0 Å². The third-order valence-corrected chi connectivity index (χ3v) is 4.48. The summed E-state index contributed by atoms with van der Waals surface area (Å²) >= 11 is 0. The van der Waals surface area contributed by atoms with Gasteiger partial charge >= 0.3 is 6.36 Å². The summed E-state index contributed by atoms with van der Waals surface area (Å²) in [6, 6.07) is 10.3. The number of nitrogens with one attached hydrogen (secondary N) is 1. The summed E-state index contributed by atoms with van der Waals surface area (Å²) in [5, 5.41) is 12.4. The number of benzene rings is 1. The van der Waals surface area contributed by atoms with Crippen LogP contribution in [0.25, 0.3) is 16.9 Å². The Bertz CT molecular complexity index is 1330. The number of nitriles is 1. The second-order valence-corrected chi connectivity index (χ2v) is 6.66. The highest BCUT2D eigenvalue weighted by Gasteiger charge is 2.31. The smallest absolute Gasteiger partial charge is 0.406 e. The third-order valence-electron chi connectivity index (χ3n) is 4.48. The number of hydrogen-bond acceptors (Lipinski definition) is 8. The Morgan fingerprint density at radius 2 is 2.00 bits per heavy atom. The molecule has 0 aliphatic carbocycles. The molecule has 0 unspecified atom stereocenters. The van der Waals surface area contributed by atoms with Crippen LogP contribution in [0.15, 0.2) is 48.9 Å². The van der Waals surface area contributed by atoms with Crippen LogP contribution in [-0.4, -0.2) is 30.9 Å².